The molecular formula is C15H22ClN3O2. The van der Waals surface area contributed by atoms with Gasteiger partial charge in [-0.1, -0.05) is 0 Å². The van der Waals surface area contributed by atoms with Gasteiger partial charge >= 0.3 is 0 Å². The summed E-state index contributed by atoms with van der Waals surface area (Å²) in [6.07, 6.45) is 1.82. The molecule has 0 aliphatic rings. The Labute approximate surface area is 130 Å². The fraction of sp³-hybridized carbons (Fsp3) is 0.400. The lowest BCUT2D eigenvalue weighted by Gasteiger charge is -2.07. The molecule has 0 atom stereocenters. The van der Waals surface area contributed by atoms with Crippen LogP contribution in [-0.2, 0) is 4.79 Å². The Morgan fingerprint density at radius 1 is 1.33 bits per heavy atom. The van der Waals surface area contributed by atoms with Crippen molar-refractivity contribution in [2.24, 2.45) is 5.73 Å². The molecule has 6 heteroatoms. The van der Waals surface area contributed by atoms with Crippen LogP contribution in [0.4, 0.5) is 0 Å². The highest BCUT2D eigenvalue weighted by Gasteiger charge is 2.04. The van der Waals surface area contributed by atoms with Gasteiger partial charge in [-0.05, 0) is 49.9 Å². The number of nitrogens with one attached hydrogen (secondary N) is 2. The molecule has 0 fully saturated rings. The molecule has 0 aliphatic heterocycles. The number of halogens is 1. The molecule has 0 saturated carbocycles. The number of ether oxygens (including phenoxy) is 1. The summed E-state index contributed by atoms with van der Waals surface area (Å²) in [5, 5.41) is 3.94. The van der Waals surface area contributed by atoms with Gasteiger partial charge < -0.3 is 20.8 Å². The first kappa shape index (κ1) is 17.3. The van der Waals surface area contributed by atoms with Crippen molar-refractivity contribution in [3.05, 3.63) is 30.0 Å². The summed E-state index contributed by atoms with van der Waals surface area (Å²) in [6.45, 7) is 3.35. The van der Waals surface area contributed by atoms with E-state index in [1.54, 1.807) is 0 Å². The van der Waals surface area contributed by atoms with Crippen LogP contribution in [0.2, 0.25) is 0 Å². The highest BCUT2D eigenvalue weighted by atomic mass is 35.5. The van der Waals surface area contributed by atoms with Crippen LogP contribution in [0.1, 0.15) is 18.5 Å². The number of hydrogen-bond acceptors (Lipinski definition) is 3. The molecule has 0 saturated heterocycles. The Hall–Kier alpha value is -1.72. The molecule has 21 heavy (non-hydrogen) atoms. The fourth-order valence-corrected chi connectivity index (χ4v) is 2.04. The maximum absolute atomic E-state index is 11.6. The number of benzene rings is 1. The lowest BCUT2D eigenvalue weighted by atomic mass is 10.2. The molecule has 116 valence electrons. The molecule has 4 N–H and O–H groups in total. The van der Waals surface area contributed by atoms with Crippen LogP contribution < -0.4 is 15.8 Å². The standard InChI is InChI=1S/C15H21N3O2.ClH/c1-11-8-12-4-5-13(9-14(12)18-11)20-10-15(19)17-7-3-2-6-16;/h4-5,8-9,18H,2-3,6-7,10,16H2,1H3,(H,17,19);1H. The zero-order chi connectivity index (χ0) is 14.4. The number of carbonyl (C=O) groups excluding carboxylic acids is 1. The Morgan fingerprint density at radius 3 is 2.90 bits per heavy atom. The van der Waals surface area contributed by atoms with E-state index in [9.17, 15) is 4.79 Å². The number of rotatable bonds is 7. The highest BCUT2D eigenvalue weighted by molar-refractivity contribution is 5.85. The lowest BCUT2D eigenvalue weighted by molar-refractivity contribution is -0.123. The molecule has 0 unspecified atom stereocenters. The number of aromatic nitrogens is 1. The lowest BCUT2D eigenvalue weighted by Crippen LogP contribution is -2.29. The van der Waals surface area contributed by atoms with Crippen molar-refractivity contribution in [1.29, 1.82) is 0 Å². The Bertz CT molecular complexity index is 583. The summed E-state index contributed by atoms with van der Waals surface area (Å²) in [7, 11) is 0. The molecule has 0 bridgehead atoms. The van der Waals surface area contributed by atoms with Gasteiger partial charge in [0.1, 0.15) is 5.75 Å². The molecule has 1 amide bonds. The van der Waals surface area contributed by atoms with E-state index in [0.717, 1.165) is 29.4 Å². The average Bonchev–Trinajstić information content (AvgIpc) is 2.80. The topological polar surface area (TPSA) is 80.1 Å². The molecule has 1 aromatic heterocycles. The van der Waals surface area contributed by atoms with E-state index in [-0.39, 0.29) is 24.9 Å². The van der Waals surface area contributed by atoms with Crippen LogP contribution >= 0.6 is 12.4 Å². The first-order valence-electron chi connectivity index (χ1n) is 6.88. The Balaban J connectivity index is 0.00000220. The predicted molar refractivity (Wildman–Crippen MR) is 87.1 cm³/mol. The quantitative estimate of drug-likeness (QED) is 0.685. The van der Waals surface area contributed by atoms with Gasteiger partial charge in [0.05, 0.1) is 0 Å². The number of H-pyrrole nitrogens is 1. The van der Waals surface area contributed by atoms with Crippen LogP contribution in [0.5, 0.6) is 5.75 Å². The molecule has 0 radical (unpaired) electrons. The first-order valence-corrected chi connectivity index (χ1v) is 6.88. The number of hydrogen-bond donors (Lipinski definition) is 3. The number of carbonyl (C=O) groups is 1. The van der Waals surface area contributed by atoms with E-state index in [2.05, 4.69) is 16.4 Å². The van der Waals surface area contributed by atoms with Crippen LogP contribution in [-0.4, -0.2) is 30.6 Å². The minimum atomic E-state index is -0.107. The second-order valence-electron chi connectivity index (χ2n) is 4.84. The minimum Gasteiger partial charge on any atom is -0.484 e. The molecule has 2 aromatic rings. The Morgan fingerprint density at radius 2 is 2.14 bits per heavy atom. The number of unbranched alkanes of at least 4 members (excludes halogenated alkanes) is 1. The molecule has 1 heterocycles. The molecule has 0 aliphatic carbocycles. The maximum Gasteiger partial charge on any atom is 0.257 e. The second-order valence-corrected chi connectivity index (χ2v) is 4.84. The summed E-state index contributed by atoms with van der Waals surface area (Å²) < 4.78 is 5.49. The average molecular weight is 312 g/mol. The van der Waals surface area contributed by atoms with Crippen LogP contribution in [0, 0.1) is 6.92 Å². The van der Waals surface area contributed by atoms with Gasteiger partial charge in [-0.3, -0.25) is 4.79 Å². The SMILES string of the molecule is Cc1cc2ccc(OCC(=O)NCCCCN)cc2[nH]1.Cl. The van der Waals surface area contributed by atoms with Gasteiger partial charge in [0, 0.05) is 23.8 Å². The fourth-order valence-electron chi connectivity index (χ4n) is 2.04. The van der Waals surface area contributed by atoms with Gasteiger partial charge in [0.15, 0.2) is 6.61 Å². The minimum absolute atomic E-state index is 0. The summed E-state index contributed by atoms with van der Waals surface area (Å²) in [6, 6.07) is 7.83. The normalized spacial score (nSPS) is 10.2. The first-order chi connectivity index (χ1) is 9.69. The third kappa shape index (κ3) is 5.28. The zero-order valence-electron chi connectivity index (χ0n) is 12.1. The van der Waals surface area contributed by atoms with Gasteiger partial charge in [0.25, 0.3) is 5.91 Å². The van der Waals surface area contributed by atoms with Gasteiger partial charge in [0.2, 0.25) is 0 Å². The van der Waals surface area contributed by atoms with E-state index in [1.165, 1.54) is 0 Å². The largest absolute Gasteiger partial charge is 0.484 e. The zero-order valence-corrected chi connectivity index (χ0v) is 13.0. The monoisotopic (exact) mass is 311 g/mol. The van der Waals surface area contributed by atoms with Gasteiger partial charge in [-0.15, -0.1) is 12.4 Å². The molecule has 5 nitrogen and oxygen atoms in total. The van der Waals surface area contributed by atoms with Crippen molar-refractivity contribution in [3.8, 4) is 5.75 Å². The molecule has 1 aromatic carbocycles. The van der Waals surface area contributed by atoms with E-state index < -0.39 is 0 Å². The summed E-state index contributed by atoms with van der Waals surface area (Å²) >= 11 is 0. The summed E-state index contributed by atoms with van der Waals surface area (Å²) in [5.41, 5.74) is 7.51. The number of amides is 1. The van der Waals surface area contributed by atoms with Crippen molar-refractivity contribution in [2.45, 2.75) is 19.8 Å². The Kier molecular flexibility index (Phi) is 7.05. The number of aryl methyl sites for hydroxylation is 1. The van der Waals surface area contributed by atoms with E-state index in [1.807, 2.05) is 25.1 Å². The molecule has 0 spiro atoms. The summed E-state index contributed by atoms with van der Waals surface area (Å²) in [5.74, 6) is 0.584. The third-order valence-corrected chi connectivity index (χ3v) is 3.05. The number of aromatic amines is 1. The van der Waals surface area contributed by atoms with Crippen LogP contribution in [0.3, 0.4) is 0 Å². The van der Waals surface area contributed by atoms with Crippen molar-refractivity contribution >= 4 is 29.2 Å². The number of fused-ring (bicyclic) bond motifs is 1. The molecule has 2 rings (SSSR count). The van der Waals surface area contributed by atoms with Gasteiger partial charge in [-0.2, -0.15) is 0 Å². The van der Waals surface area contributed by atoms with Crippen molar-refractivity contribution in [2.75, 3.05) is 19.7 Å². The van der Waals surface area contributed by atoms with Crippen LogP contribution in [0.25, 0.3) is 10.9 Å². The van der Waals surface area contributed by atoms with Crippen molar-refractivity contribution < 1.29 is 9.53 Å². The van der Waals surface area contributed by atoms with E-state index >= 15 is 0 Å². The van der Waals surface area contributed by atoms with E-state index in [0.29, 0.717) is 18.8 Å². The highest BCUT2D eigenvalue weighted by Crippen LogP contribution is 2.21. The summed E-state index contributed by atoms with van der Waals surface area (Å²) in [4.78, 5) is 14.8. The van der Waals surface area contributed by atoms with Gasteiger partial charge in [-0.25, -0.2) is 0 Å². The van der Waals surface area contributed by atoms with Crippen molar-refractivity contribution in [1.82, 2.24) is 10.3 Å². The third-order valence-electron chi connectivity index (χ3n) is 3.05. The number of nitrogens with two attached hydrogens (primary N) is 1. The van der Waals surface area contributed by atoms with Crippen molar-refractivity contribution in [3.63, 3.8) is 0 Å². The van der Waals surface area contributed by atoms with E-state index in [4.69, 9.17) is 10.5 Å². The van der Waals surface area contributed by atoms with Crippen LogP contribution in [0.15, 0.2) is 24.3 Å². The predicted octanol–water partition coefficient (Wildman–Crippen LogP) is 2.13. The maximum atomic E-state index is 11.6. The second kappa shape index (κ2) is 8.54. The smallest absolute Gasteiger partial charge is 0.257 e. The molecular weight excluding hydrogens is 290 g/mol.